The van der Waals surface area contributed by atoms with E-state index in [1.54, 1.807) is 6.07 Å². The van der Waals surface area contributed by atoms with Crippen LogP contribution in [0.15, 0.2) is 42.7 Å². The number of hydrogen-bond donors (Lipinski definition) is 0. The average Bonchev–Trinajstić information content (AvgIpc) is 3.29. The number of thiophene rings is 1. The second-order valence-corrected chi connectivity index (χ2v) is 11.5. The molecule has 1 aliphatic carbocycles. The third-order valence-electron chi connectivity index (χ3n) is 7.25. The van der Waals surface area contributed by atoms with E-state index in [9.17, 15) is 13.2 Å². The summed E-state index contributed by atoms with van der Waals surface area (Å²) >= 11 is 1.12. The van der Waals surface area contributed by atoms with Gasteiger partial charge in [0.15, 0.2) is 0 Å². The number of benzene rings is 1. The van der Waals surface area contributed by atoms with Gasteiger partial charge in [0.2, 0.25) is 0 Å². The summed E-state index contributed by atoms with van der Waals surface area (Å²) in [6, 6.07) is 12.4. The molecule has 1 aliphatic heterocycles. The zero-order valence-electron chi connectivity index (χ0n) is 18.5. The molecule has 0 unspecified atom stereocenters. The quantitative estimate of drug-likeness (QED) is 0.422. The van der Waals surface area contributed by atoms with Crippen molar-refractivity contribution >= 4 is 27.4 Å². The molecule has 3 nitrogen and oxygen atoms in total. The van der Waals surface area contributed by atoms with Crippen molar-refractivity contribution in [2.24, 2.45) is 11.3 Å². The lowest BCUT2D eigenvalue weighted by Gasteiger charge is -2.49. The number of hydrogen-bond acceptors (Lipinski definition) is 4. The molecule has 1 saturated heterocycles. The van der Waals surface area contributed by atoms with E-state index in [4.69, 9.17) is 0 Å². The van der Waals surface area contributed by atoms with Crippen LogP contribution in [-0.2, 0) is 11.8 Å². The van der Waals surface area contributed by atoms with E-state index in [1.165, 1.54) is 37.6 Å². The predicted octanol–water partition coefficient (Wildman–Crippen LogP) is 6.77. The van der Waals surface area contributed by atoms with Gasteiger partial charge in [-0.25, -0.2) is 9.97 Å². The van der Waals surface area contributed by atoms with Crippen molar-refractivity contribution in [1.82, 2.24) is 9.97 Å². The van der Waals surface area contributed by atoms with Gasteiger partial charge in [-0.3, -0.25) is 0 Å². The first-order valence-corrected chi connectivity index (χ1v) is 12.0. The van der Waals surface area contributed by atoms with Gasteiger partial charge >= 0.3 is 6.18 Å². The van der Waals surface area contributed by atoms with Crippen LogP contribution in [0.2, 0.25) is 0 Å². The maximum absolute atomic E-state index is 12.8. The second-order valence-electron chi connectivity index (χ2n) is 10.3. The number of nitrogens with zero attached hydrogens (tertiary/aromatic N) is 3. The molecule has 1 saturated carbocycles. The summed E-state index contributed by atoms with van der Waals surface area (Å²) in [5.74, 6) is 1.50. The van der Waals surface area contributed by atoms with E-state index in [2.05, 4.69) is 59.0 Å². The lowest BCUT2D eigenvalue weighted by molar-refractivity contribution is -0.126. The number of fused-ring (bicyclic) bond motifs is 1. The molecule has 0 radical (unpaired) electrons. The summed E-state index contributed by atoms with van der Waals surface area (Å²) in [7, 11) is 0. The van der Waals surface area contributed by atoms with Gasteiger partial charge in [0.1, 0.15) is 17.0 Å². The highest BCUT2D eigenvalue weighted by Crippen LogP contribution is 2.52. The maximum atomic E-state index is 12.8. The SMILES string of the molecule is CC(C)(C[C@H]1CCC2(C1)CN(c1ncnc3sc(CC(F)(F)F)cc13)C2)c1ccccc1. The third kappa shape index (κ3) is 4.24. The van der Waals surface area contributed by atoms with E-state index >= 15 is 0 Å². The van der Waals surface area contributed by atoms with E-state index in [1.807, 2.05) is 0 Å². The molecule has 170 valence electrons. The minimum atomic E-state index is -4.21. The van der Waals surface area contributed by atoms with Crippen LogP contribution in [0.25, 0.3) is 10.2 Å². The van der Waals surface area contributed by atoms with Crippen LogP contribution in [0.3, 0.4) is 0 Å². The van der Waals surface area contributed by atoms with Gasteiger partial charge in [-0.15, -0.1) is 11.3 Å². The molecule has 3 heterocycles. The Kier molecular flexibility index (Phi) is 5.23. The normalized spacial score (nSPS) is 20.8. The molecule has 2 aromatic heterocycles. The lowest BCUT2D eigenvalue weighted by Crippen LogP contribution is -2.55. The summed E-state index contributed by atoms with van der Waals surface area (Å²) in [5, 5.41) is 0.756. The monoisotopic (exact) mass is 459 g/mol. The van der Waals surface area contributed by atoms with Gasteiger partial charge in [0.05, 0.1) is 11.8 Å². The van der Waals surface area contributed by atoms with Crippen LogP contribution in [0, 0.1) is 11.3 Å². The molecule has 0 N–H and O–H groups in total. The van der Waals surface area contributed by atoms with Crippen LogP contribution in [0.1, 0.15) is 50.0 Å². The number of alkyl halides is 3. The summed E-state index contributed by atoms with van der Waals surface area (Å²) in [4.78, 5) is 11.8. The molecule has 0 amide bonds. The first-order chi connectivity index (χ1) is 15.1. The summed E-state index contributed by atoms with van der Waals surface area (Å²) < 4.78 is 38.5. The Morgan fingerprint density at radius 1 is 1.12 bits per heavy atom. The first kappa shape index (κ1) is 21.7. The molecule has 0 bridgehead atoms. The highest BCUT2D eigenvalue weighted by atomic mass is 32.1. The van der Waals surface area contributed by atoms with Gasteiger partial charge in [0, 0.05) is 23.4 Å². The Bertz CT molecular complexity index is 1100. The molecule has 32 heavy (non-hydrogen) atoms. The number of anilines is 1. The molecule has 1 spiro atoms. The van der Waals surface area contributed by atoms with Gasteiger partial charge in [-0.05, 0) is 48.6 Å². The third-order valence-corrected chi connectivity index (χ3v) is 8.29. The van der Waals surface area contributed by atoms with Crippen molar-refractivity contribution in [2.75, 3.05) is 18.0 Å². The summed E-state index contributed by atoms with van der Waals surface area (Å²) in [6.07, 6.45) is 1.24. The molecule has 1 aromatic carbocycles. The first-order valence-electron chi connectivity index (χ1n) is 11.2. The fourth-order valence-corrected chi connectivity index (χ4v) is 6.88. The number of aromatic nitrogens is 2. The maximum Gasteiger partial charge on any atom is 0.393 e. The molecular formula is C25H28F3N3S. The smallest absolute Gasteiger partial charge is 0.355 e. The lowest BCUT2D eigenvalue weighted by atomic mass is 9.73. The molecule has 1 atom stereocenters. The Morgan fingerprint density at radius 3 is 2.59 bits per heavy atom. The van der Waals surface area contributed by atoms with E-state index in [0.29, 0.717) is 21.0 Å². The summed E-state index contributed by atoms with van der Waals surface area (Å²) in [6.45, 7) is 6.55. The molecule has 2 fully saturated rings. The van der Waals surface area contributed by atoms with Gasteiger partial charge < -0.3 is 4.90 Å². The van der Waals surface area contributed by atoms with Gasteiger partial charge in [-0.2, -0.15) is 13.2 Å². The van der Waals surface area contributed by atoms with E-state index < -0.39 is 12.6 Å². The standard InChI is InChI=1S/C25H28F3N3S/c1-23(2,18-6-4-3-5-7-18)11-17-8-9-24(12-17)14-31(15-24)21-20-10-19(13-25(26,27)28)32-22(20)30-16-29-21/h3-7,10,16-17H,8-9,11-15H2,1-2H3/t17-/m1/s1. The van der Waals surface area contributed by atoms with Crippen LogP contribution in [0.4, 0.5) is 19.0 Å². The molecule has 7 heteroatoms. The Hall–Kier alpha value is -2.15. The number of rotatable bonds is 5. The summed E-state index contributed by atoms with van der Waals surface area (Å²) in [5.41, 5.74) is 1.87. The van der Waals surface area contributed by atoms with Gasteiger partial charge in [-0.1, -0.05) is 44.2 Å². The topological polar surface area (TPSA) is 29.0 Å². The van der Waals surface area contributed by atoms with Crippen molar-refractivity contribution in [3.05, 3.63) is 53.2 Å². The van der Waals surface area contributed by atoms with Crippen molar-refractivity contribution in [1.29, 1.82) is 0 Å². The van der Waals surface area contributed by atoms with Crippen molar-refractivity contribution in [3.8, 4) is 0 Å². The zero-order chi connectivity index (χ0) is 22.6. The fourth-order valence-electron chi connectivity index (χ4n) is 5.86. The van der Waals surface area contributed by atoms with Crippen LogP contribution in [0.5, 0.6) is 0 Å². The number of halogens is 3. The molecule has 3 aromatic rings. The Morgan fingerprint density at radius 2 is 1.88 bits per heavy atom. The molecular weight excluding hydrogens is 431 g/mol. The molecule has 2 aliphatic rings. The van der Waals surface area contributed by atoms with E-state index in [-0.39, 0.29) is 5.41 Å². The van der Waals surface area contributed by atoms with Crippen molar-refractivity contribution < 1.29 is 13.2 Å². The van der Waals surface area contributed by atoms with Crippen LogP contribution >= 0.6 is 11.3 Å². The van der Waals surface area contributed by atoms with Crippen LogP contribution in [-0.4, -0.2) is 29.2 Å². The highest BCUT2D eigenvalue weighted by Gasteiger charge is 2.49. The average molecular weight is 460 g/mol. The molecule has 5 rings (SSSR count). The Labute approximate surface area is 190 Å². The zero-order valence-corrected chi connectivity index (χ0v) is 19.3. The van der Waals surface area contributed by atoms with Crippen molar-refractivity contribution in [2.45, 2.75) is 57.5 Å². The van der Waals surface area contributed by atoms with Crippen LogP contribution < -0.4 is 4.90 Å². The van der Waals surface area contributed by atoms with E-state index in [0.717, 1.165) is 35.6 Å². The highest BCUT2D eigenvalue weighted by molar-refractivity contribution is 7.18. The minimum absolute atomic E-state index is 0.158. The minimum Gasteiger partial charge on any atom is -0.355 e. The van der Waals surface area contributed by atoms with Crippen molar-refractivity contribution in [3.63, 3.8) is 0 Å². The Balaban J connectivity index is 1.26. The second kappa shape index (κ2) is 7.72. The fraction of sp³-hybridized carbons (Fsp3) is 0.520. The van der Waals surface area contributed by atoms with Gasteiger partial charge in [0.25, 0.3) is 0 Å². The largest absolute Gasteiger partial charge is 0.393 e. The predicted molar refractivity (Wildman–Crippen MR) is 123 cm³/mol.